The minimum absolute atomic E-state index is 0.175. The van der Waals surface area contributed by atoms with Crippen molar-refractivity contribution >= 4 is 63.8 Å². The fourth-order valence-corrected chi connectivity index (χ4v) is 7.50. The molecule has 196 valence electrons. The lowest BCUT2D eigenvalue weighted by atomic mass is 9.83. The number of benzene rings is 3. The van der Waals surface area contributed by atoms with Gasteiger partial charge in [-0.25, -0.2) is 4.90 Å². The fourth-order valence-electron chi connectivity index (χ4n) is 4.86. The van der Waals surface area contributed by atoms with Gasteiger partial charge in [-0.1, -0.05) is 65.0 Å². The summed E-state index contributed by atoms with van der Waals surface area (Å²) in [6.45, 7) is -0.175. The number of fused-ring (bicyclic) bond motifs is 2. The Morgan fingerprint density at radius 2 is 1.67 bits per heavy atom. The maximum absolute atomic E-state index is 13.7. The first kappa shape index (κ1) is 25.4. The van der Waals surface area contributed by atoms with E-state index >= 15 is 0 Å². The van der Waals surface area contributed by atoms with Gasteiger partial charge in [0.25, 0.3) is 5.91 Å². The van der Waals surface area contributed by atoms with E-state index in [1.807, 2.05) is 18.2 Å². The molecule has 0 bridgehead atoms. The number of amides is 3. The number of rotatable bonds is 6. The Hall–Kier alpha value is -3.86. The van der Waals surface area contributed by atoms with Crippen LogP contribution in [0.3, 0.4) is 0 Å². The molecule has 2 aliphatic heterocycles. The van der Waals surface area contributed by atoms with Crippen LogP contribution in [-0.4, -0.2) is 34.6 Å². The summed E-state index contributed by atoms with van der Waals surface area (Å²) in [4.78, 5) is 56.2. The number of hydrogen-bond acceptors (Lipinski definition) is 7. The van der Waals surface area contributed by atoms with Crippen molar-refractivity contribution in [2.75, 3.05) is 16.8 Å². The number of aromatic nitrogens is 1. The summed E-state index contributed by atoms with van der Waals surface area (Å²) in [6.07, 6.45) is 0. The van der Waals surface area contributed by atoms with Crippen LogP contribution in [0.1, 0.15) is 16.4 Å². The Balaban J connectivity index is 1.25. The molecular formula is C28H20ClN3O5S2. The van der Waals surface area contributed by atoms with Crippen LogP contribution in [-0.2, 0) is 14.4 Å². The Labute approximate surface area is 236 Å². The number of thiazole rings is 1. The summed E-state index contributed by atoms with van der Waals surface area (Å²) in [6, 6.07) is 22.7. The number of nitrogens with zero attached hydrogens (tertiary/aromatic N) is 1. The largest absolute Gasteiger partial charge is 0.484 e. The predicted octanol–water partition coefficient (Wildman–Crippen LogP) is 4.90. The number of halogens is 1. The number of carbonyl (C=O) groups excluding carboxylic acids is 3. The number of aromatic amines is 1. The lowest BCUT2D eigenvalue weighted by molar-refractivity contribution is -0.122. The number of anilines is 2. The number of imide groups is 1. The molecule has 2 N–H and O–H groups in total. The van der Waals surface area contributed by atoms with E-state index in [0.717, 1.165) is 21.8 Å². The van der Waals surface area contributed by atoms with Gasteiger partial charge in [0.2, 0.25) is 11.8 Å². The third-order valence-electron chi connectivity index (χ3n) is 6.58. The molecule has 3 aromatic carbocycles. The SMILES string of the molecule is O=C(COc1ccc(C2c3sc(=O)[nH]c3SC3C(=O)N(c4ccc(Cl)cc4)C(=O)C32)cc1)Nc1ccccc1. The molecule has 1 aromatic heterocycles. The van der Waals surface area contributed by atoms with Crippen LogP contribution in [0.5, 0.6) is 5.75 Å². The summed E-state index contributed by atoms with van der Waals surface area (Å²) in [5.41, 5.74) is 1.90. The average molecular weight is 578 g/mol. The molecule has 3 amide bonds. The van der Waals surface area contributed by atoms with Crippen LogP contribution in [0.2, 0.25) is 5.02 Å². The lowest BCUT2D eigenvalue weighted by Crippen LogP contribution is -2.32. The third-order valence-corrected chi connectivity index (χ3v) is 9.23. The number of hydrogen-bond donors (Lipinski definition) is 2. The molecule has 0 aliphatic carbocycles. The highest BCUT2D eigenvalue weighted by Crippen LogP contribution is 2.53. The Morgan fingerprint density at radius 3 is 2.38 bits per heavy atom. The first-order valence-corrected chi connectivity index (χ1v) is 14.1. The fraction of sp³-hybridized carbons (Fsp3) is 0.143. The Kier molecular flexibility index (Phi) is 6.76. The smallest absolute Gasteiger partial charge is 0.305 e. The molecule has 8 nitrogen and oxygen atoms in total. The zero-order chi connectivity index (χ0) is 27.1. The number of ether oxygens (including phenoxy) is 1. The molecule has 0 saturated carbocycles. The number of thioether (sulfide) groups is 1. The van der Waals surface area contributed by atoms with Crippen LogP contribution >= 0.6 is 34.7 Å². The molecule has 3 atom stereocenters. The summed E-state index contributed by atoms with van der Waals surface area (Å²) in [5.74, 6) is -1.67. The summed E-state index contributed by atoms with van der Waals surface area (Å²) in [5, 5.41) is 3.18. The van der Waals surface area contributed by atoms with E-state index in [0.29, 0.717) is 27.2 Å². The predicted molar refractivity (Wildman–Crippen MR) is 151 cm³/mol. The molecule has 4 aromatic rings. The number of H-pyrrole nitrogens is 1. The van der Waals surface area contributed by atoms with Gasteiger partial charge in [0, 0.05) is 21.5 Å². The quantitative estimate of drug-likeness (QED) is 0.316. The lowest BCUT2D eigenvalue weighted by Gasteiger charge is -2.29. The van der Waals surface area contributed by atoms with E-state index in [1.165, 1.54) is 16.7 Å². The number of nitrogens with one attached hydrogen (secondary N) is 2. The van der Waals surface area contributed by atoms with Crippen molar-refractivity contribution in [3.8, 4) is 5.75 Å². The normalized spacial score (nSPS) is 19.9. The van der Waals surface area contributed by atoms with Crippen LogP contribution in [0.4, 0.5) is 11.4 Å². The zero-order valence-electron chi connectivity index (χ0n) is 20.1. The minimum Gasteiger partial charge on any atom is -0.484 e. The highest BCUT2D eigenvalue weighted by Gasteiger charge is 2.56. The summed E-state index contributed by atoms with van der Waals surface area (Å²) >= 11 is 8.28. The molecule has 3 unspecified atom stereocenters. The van der Waals surface area contributed by atoms with Crippen molar-refractivity contribution in [2.24, 2.45) is 5.92 Å². The third kappa shape index (κ3) is 4.87. The van der Waals surface area contributed by atoms with E-state index in [1.54, 1.807) is 60.7 Å². The van der Waals surface area contributed by atoms with Crippen molar-refractivity contribution in [3.63, 3.8) is 0 Å². The van der Waals surface area contributed by atoms with E-state index < -0.39 is 17.1 Å². The Bertz CT molecular complexity index is 1620. The van der Waals surface area contributed by atoms with Gasteiger partial charge in [0.1, 0.15) is 11.0 Å². The highest BCUT2D eigenvalue weighted by molar-refractivity contribution is 8.00. The van der Waals surface area contributed by atoms with Gasteiger partial charge in [0.05, 0.1) is 16.6 Å². The van der Waals surface area contributed by atoms with Crippen molar-refractivity contribution in [1.29, 1.82) is 0 Å². The van der Waals surface area contributed by atoms with Crippen molar-refractivity contribution in [2.45, 2.75) is 16.2 Å². The second-order valence-electron chi connectivity index (χ2n) is 9.01. The van der Waals surface area contributed by atoms with Crippen LogP contribution in [0, 0.1) is 5.92 Å². The number of para-hydroxylation sites is 1. The van der Waals surface area contributed by atoms with Gasteiger partial charge in [-0.2, -0.15) is 0 Å². The van der Waals surface area contributed by atoms with Crippen molar-refractivity contribution < 1.29 is 19.1 Å². The standard InChI is InChI=1S/C28H20ClN3O5S2/c29-16-8-10-18(11-9-16)32-26(34)22-21(23-25(31-28(36)39-23)38-24(22)27(32)35)15-6-12-19(13-7-15)37-14-20(33)30-17-4-2-1-3-5-17/h1-13,21-22,24H,14H2,(H,30,33)(H,31,36). The molecule has 6 rings (SSSR count). The van der Waals surface area contributed by atoms with Gasteiger partial charge in [-0.3, -0.25) is 19.2 Å². The summed E-state index contributed by atoms with van der Waals surface area (Å²) in [7, 11) is 0. The molecular weight excluding hydrogens is 558 g/mol. The second kappa shape index (κ2) is 10.4. The summed E-state index contributed by atoms with van der Waals surface area (Å²) < 4.78 is 5.66. The molecule has 1 saturated heterocycles. The van der Waals surface area contributed by atoms with Crippen LogP contribution in [0.15, 0.2) is 88.7 Å². The highest BCUT2D eigenvalue weighted by atomic mass is 35.5. The topological polar surface area (TPSA) is 109 Å². The van der Waals surface area contributed by atoms with E-state index in [-0.39, 0.29) is 29.2 Å². The van der Waals surface area contributed by atoms with E-state index in [2.05, 4.69) is 10.3 Å². The first-order valence-electron chi connectivity index (χ1n) is 12.0. The number of carbonyl (C=O) groups is 3. The van der Waals surface area contributed by atoms with Crippen LogP contribution < -0.4 is 19.8 Å². The monoisotopic (exact) mass is 577 g/mol. The van der Waals surface area contributed by atoms with Gasteiger partial charge in [-0.05, 0) is 54.1 Å². The van der Waals surface area contributed by atoms with E-state index in [9.17, 15) is 19.2 Å². The molecule has 3 heterocycles. The molecule has 2 aliphatic rings. The van der Waals surface area contributed by atoms with E-state index in [4.69, 9.17) is 16.3 Å². The first-order chi connectivity index (χ1) is 18.9. The molecule has 11 heteroatoms. The zero-order valence-corrected chi connectivity index (χ0v) is 22.5. The average Bonchev–Trinajstić information content (AvgIpc) is 3.43. The minimum atomic E-state index is -0.694. The molecule has 1 fully saturated rings. The van der Waals surface area contributed by atoms with Gasteiger partial charge in [-0.15, -0.1) is 0 Å². The van der Waals surface area contributed by atoms with Crippen LogP contribution in [0.25, 0.3) is 0 Å². The van der Waals surface area contributed by atoms with Gasteiger partial charge >= 0.3 is 4.87 Å². The van der Waals surface area contributed by atoms with Gasteiger partial charge in [0.15, 0.2) is 6.61 Å². The van der Waals surface area contributed by atoms with Crippen molar-refractivity contribution in [1.82, 2.24) is 4.98 Å². The molecule has 0 radical (unpaired) electrons. The molecule has 0 spiro atoms. The Morgan fingerprint density at radius 1 is 0.949 bits per heavy atom. The van der Waals surface area contributed by atoms with Crippen molar-refractivity contribution in [3.05, 3.63) is 104 Å². The maximum Gasteiger partial charge on any atom is 0.305 e. The molecule has 39 heavy (non-hydrogen) atoms. The second-order valence-corrected chi connectivity index (χ2v) is 11.6. The maximum atomic E-state index is 13.7. The van der Waals surface area contributed by atoms with Gasteiger partial charge < -0.3 is 15.0 Å².